The predicted molar refractivity (Wildman–Crippen MR) is 141 cm³/mol. The van der Waals surface area contributed by atoms with Crippen molar-refractivity contribution in [3.63, 3.8) is 0 Å². The number of anilines is 4. The average Bonchev–Trinajstić information content (AvgIpc) is 3.44. The minimum absolute atomic E-state index is 0.0471. The van der Waals surface area contributed by atoms with Crippen LogP contribution in [0.5, 0.6) is 11.6 Å². The minimum Gasteiger partial charge on any atom is -0.493 e. The van der Waals surface area contributed by atoms with Gasteiger partial charge >= 0.3 is 0 Å². The Morgan fingerprint density at radius 1 is 1.03 bits per heavy atom. The van der Waals surface area contributed by atoms with Crippen LogP contribution in [0.25, 0.3) is 11.3 Å². The Morgan fingerprint density at radius 2 is 1.79 bits per heavy atom. The van der Waals surface area contributed by atoms with Crippen molar-refractivity contribution in [1.82, 2.24) is 9.97 Å². The van der Waals surface area contributed by atoms with Gasteiger partial charge in [0, 0.05) is 23.0 Å². The summed E-state index contributed by atoms with van der Waals surface area (Å²) in [5.74, 6) is -0.0211. The number of nitrogens with zero attached hydrogens (tertiary/aromatic N) is 2. The number of aromatic hydroxyl groups is 1. The number of carbonyl (C=O) groups is 1. The van der Waals surface area contributed by atoms with E-state index in [2.05, 4.69) is 20.6 Å². The number of hydrogen-bond acceptors (Lipinski definition) is 8. The molecule has 0 fully saturated rings. The number of ether oxygens (including phenoxy) is 1. The van der Waals surface area contributed by atoms with Gasteiger partial charge in [0.1, 0.15) is 29.6 Å². The fraction of sp³-hybridized carbons (Fsp3) is 0.0357. The lowest BCUT2D eigenvalue weighted by atomic mass is 10.1. The molecule has 2 aromatic heterocycles. The lowest BCUT2D eigenvalue weighted by molar-refractivity contribution is 0.102. The van der Waals surface area contributed by atoms with Crippen LogP contribution in [0.2, 0.25) is 0 Å². The molecule has 0 saturated heterocycles. The number of amides is 1. The third kappa shape index (κ3) is 5.71. The van der Waals surface area contributed by atoms with Gasteiger partial charge in [0.2, 0.25) is 5.88 Å². The van der Waals surface area contributed by atoms with Crippen molar-refractivity contribution in [2.75, 3.05) is 16.4 Å². The SMILES string of the molecule is Nc1cc(Nc2ccc(-c3cnco3)cc2)nc(O)c1C(=O)Nc1ccc(OCc2cccc(F)c2)cc1. The molecule has 2 heterocycles. The Hall–Kier alpha value is -5.38. The number of nitrogens with two attached hydrogens (primary N) is 1. The number of halogens is 1. The van der Waals surface area contributed by atoms with Gasteiger partial charge in [-0.15, -0.1) is 0 Å². The van der Waals surface area contributed by atoms with E-state index in [0.717, 1.165) is 5.56 Å². The van der Waals surface area contributed by atoms with E-state index in [0.29, 0.717) is 28.4 Å². The summed E-state index contributed by atoms with van der Waals surface area (Å²) >= 11 is 0. The molecule has 0 saturated carbocycles. The number of oxazole rings is 1. The van der Waals surface area contributed by atoms with E-state index in [1.54, 1.807) is 54.7 Å². The topological polar surface area (TPSA) is 136 Å². The highest BCUT2D eigenvalue weighted by Crippen LogP contribution is 2.29. The predicted octanol–water partition coefficient (Wildman–Crippen LogP) is 5.74. The molecule has 0 atom stereocenters. The van der Waals surface area contributed by atoms with Gasteiger partial charge in [0.05, 0.1) is 11.9 Å². The largest absolute Gasteiger partial charge is 0.493 e. The molecule has 5 rings (SSSR count). The van der Waals surface area contributed by atoms with Crippen LogP contribution in [0, 0.1) is 5.82 Å². The number of benzene rings is 3. The fourth-order valence-corrected chi connectivity index (χ4v) is 3.69. The third-order valence-corrected chi connectivity index (χ3v) is 5.54. The summed E-state index contributed by atoms with van der Waals surface area (Å²) in [7, 11) is 0. The van der Waals surface area contributed by atoms with Crippen molar-refractivity contribution < 1.29 is 23.4 Å². The van der Waals surface area contributed by atoms with Gasteiger partial charge in [0.15, 0.2) is 12.2 Å². The zero-order valence-electron chi connectivity index (χ0n) is 19.9. The van der Waals surface area contributed by atoms with Crippen molar-refractivity contribution in [2.45, 2.75) is 6.61 Å². The second kappa shape index (κ2) is 10.7. The average molecular weight is 512 g/mol. The normalized spacial score (nSPS) is 10.7. The summed E-state index contributed by atoms with van der Waals surface area (Å²) in [4.78, 5) is 20.8. The zero-order chi connectivity index (χ0) is 26.5. The van der Waals surface area contributed by atoms with Crippen LogP contribution in [-0.2, 0) is 6.61 Å². The number of rotatable bonds is 8. The Kier molecular flexibility index (Phi) is 6.85. The Bertz CT molecular complexity index is 1530. The minimum atomic E-state index is -0.621. The molecule has 5 N–H and O–H groups in total. The van der Waals surface area contributed by atoms with E-state index in [4.69, 9.17) is 14.9 Å². The quantitative estimate of drug-likeness (QED) is 0.207. The molecule has 1 amide bonds. The van der Waals surface area contributed by atoms with Gasteiger partial charge in [-0.2, -0.15) is 4.98 Å². The highest BCUT2D eigenvalue weighted by atomic mass is 19.1. The molecule has 9 nitrogen and oxygen atoms in total. The number of hydrogen-bond donors (Lipinski definition) is 4. The van der Waals surface area contributed by atoms with Gasteiger partial charge in [-0.25, -0.2) is 9.37 Å². The fourth-order valence-electron chi connectivity index (χ4n) is 3.69. The molecule has 0 aliphatic rings. The van der Waals surface area contributed by atoms with Crippen molar-refractivity contribution in [1.29, 1.82) is 0 Å². The summed E-state index contributed by atoms with van der Waals surface area (Å²) in [6.07, 6.45) is 2.97. The maximum atomic E-state index is 13.3. The first kappa shape index (κ1) is 24.3. The lowest BCUT2D eigenvalue weighted by Crippen LogP contribution is -2.15. The van der Waals surface area contributed by atoms with Crippen LogP contribution in [-0.4, -0.2) is 21.0 Å². The molecule has 0 bridgehead atoms. The summed E-state index contributed by atoms with van der Waals surface area (Å²) in [6.45, 7) is 0.200. The maximum Gasteiger partial charge on any atom is 0.263 e. The van der Waals surface area contributed by atoms with Crippen LogP contribution in [0.1, 0.15) is 15.9 Å². The van der Waals surface area contributed by atoms with Crippen molar-refractivity contribution in [2.24, 2.45) is 0 Å². The number of nitrogens with one attached hydrogen (secondary N) is 2. The molecule has 38 heavy (non-hydrogen) atoms. The smallest absolute Gasteiger partial charge is 0.263 e. The van der Waals surface area contributed by atoms with E-state index in [1.165, 1.54) is 24.6 Å². The number of pyridine rings is 1. The van der Waals surface area contributed by atoms with Crippen molar-refractivity contribution >= 4 is 28.8 Å². The van der Waals surface area contributed by atoms with E-state index in [1.807, 2.05) is 12.1 Å². The standard InChI is InChI=1S/C28H22FN5O4/c29-19-3-1-2-17(12-19)15-37-22-10-8-21(9-11-22)33-27(35)26-23(30)13-25(34-28(26)36)32-20-6-4-18(5-7-20)24-14-31-16-38-24/h1-14,16H,15H2,(H,33,35)(H4,30,32,34,36). The highest BCUT2D eigenvalue weighted by Gasteiger charge is 2.18. The number of nitrogen functional groups attached to an aromatic ring is 1. The van der Waals surface area contributed by atoms with Gasteiger partial charge in [-0.3, -0.25) is 4.79 Å². The zero-order valence-corrected chi connectivity index (χ0v) is 19.9. The Balaban J connectivity index is 1.21. The highest BCUT2D eigenvalue weighted by molar-refractivity contribution is 6.09. The Morgan fingerprint density at radius 3 is 2.47 bits per heavy atom. The number of aromatic nitrogens is 2. The van der Waals surface area contributed by atoms with Crippen molar-refractivity contribution in [3.05, 3.63) is 108 Å². The molecule has 10 heteroatoms. The van der Waals surface area contributed by atoms with Gasteiger partial charge in [-0.1, -0.05) is 12.1 Å². The first-order valence-electron chi connectivity index (χ1n) is 11.5. The van der Waals surface area contributed by atoms with Gasteiger partial charge in [-0.05, 0) is 66.2 Å². The first-order valence-corrected chi connectivity index (χ1v) is 11.5. The third-order valence-electron chi connectivity index (χ3n) is 5.54. The molecule has 0 spiro atoms. The van der Waals surface area contributed by atoms with Crippen LogP contribution in [0.15, 0.2) is 95.9 Å². The molecule has 0 aliphatic heterocycles. The summed E-state index contributed by atoms with van der Waals surface area (Å²) in [5.41, 5.74) is 8.67. The van der Waals surface area contributed by atoms with Crippen LogP contribution in [0.3, 0.4) is 0 Å². The van der Waals surface area contributed by atoms with Crippen molar-refractivity contribution in [3.8, 4) is 23.0 Å². The van der Waals surface area contributed by atoms with E-state index >= 15 is 0 Å². The number of carbonyl (C=O) groups excluding carboxylic acids is 1. The van der Waals surface area contributed by atoms with Crippen LogP contribution < -0.4 is 21.1 Å². The van der Waals surface area contributed by atoms with Gasteiger partial charge < -0.3 is 30.6 Å². The monoisotopic (exact) mass is 511 g/mol. The van der Waals surface area contributed by atoms with Crippen LogP contribution >= 0.6 is 0 Å². The van der Waals surface area contributed by atoms with Gasteiger partial charge in [0.25, 0.3) is 5.91 Å². The molecule has 0 aliphatic carbocycles. The Labute approximate surface area is 216 Å². The van der Waals surface area contributed by atoms with E-state index in [-0.39, 0.29) is 29.5 Å². The maximum absolute atomic E-state index is 13.3. The molecule has 0 unspecified atom stereocenters. The lowest BCUT2D eigenvalue weighted by Gasteiger charge is -2.12. The molecule has 0 radical (unpaired) electrons. The van der Waals surface area contributed by atoms with Crippen LogP contribution in [0.4, 0.5) is 27.3 Å². The molecular formula is C28H22FN5O4. The molecular weight excluding hydrogens is 489 g/mol. The second-order valence-electron chi connectivity index (χ2n) is 8.26. The molecule has 190 valence electrons. The van der Waals surface area contributed by atoms with E-state index < -0.39 is 11.8 Å². The molecule has 3 aromatic carbocycles. The second-order valence-corrected chi connectivity index (χ2v) is 8.26. The summed E-state index contributed by atoms with van der Waals surface area (Å²) in [5, 5.41) is 16.2. The molecule has 5 aromatic rings. The summed E-state index contributed by atoms with van der Waals surface area (Å²) < 4.78 is 24.2. The summed E-state index contributed by atoms with van der Waals surface area (Å²) in [6, 6.07) is 21.5. The van der Waals surface area contributed by atoms with E-state index in [9.17, 15) is 14.3 Å². The first-order chi connectivity index (χ1) is 18.4.